The van der Waals surface area contributed by atoms with Crippen LogP contribution in [0.2, 0.25) is 0 Å². The third kappa shape index (κ3) is 3.45. The predicted octanol–water partition coefficient (Wildman–Crippen LogP) is 2.92. The van der Waals surface area contributed by atoms with E-state index in [1.54, 1.807) is 19.1 Å². The molecular weight excluding hydrogens is 317 g/mol. The fourth-order valence-electron chi connectivity index (χ4n) is 2.17. The molecule has 0 atom stereocenters. The van der Waals surface area contributed by atoms with Crippen LogP contribution in [0.5, 0.6) is 0 Å². The largest absolute Gasteiger partial charge is 0.339 e. The highest BCUT2D eigenvalue weighted by Crippen LogP contribution is 2.19. The average molecular weight is 331 g/mol. The van der Waals surface area contributed by atoms with Gasteiger partial charge in [0, 0.05) is 18.5 Å². The van der Waals surface area contributed by atoms with E-state index in [4.69, 9.17) is 4.52 Å². The average Bonchev–Trinajstić information content (AvgIpc) is 3.20. The highest BCUT2D eigenvalue weighted by molar-refractivity contribution is 5.54. The summed E-state index contributed by atoms with van der Waals surface area (Å²) in [5.41, 5.74) is 1.06. The number of hydrogen-bond donors (Lipinski definition) is 0. The fraction of sp³-hybridized carbons (Fsp3) is 0.267. The Hall–Kier alpha value is -3.10. The van der Waals surface area contributed by atoms with Gasteiger partial charge in [0.1, 0.15) is 18.2 Å². The molecule has 8 nitrogen and oxygen atoms in total. The second-order valence-corrected chi connectivity index (χ2v) is 5.30. The summed E-state index contributed by atoms with van der Waals surface area (Å²) in [7, 11) is 0. The molecule has 0 saturated heterocycles. The standard InChI is InChI=1S/C15H14FN5O3/c1-10-4-5-11(7-13(10)16)15-18-14(24-19-15)3-2-6-20-9-12(8-17-20)21(22)23/h4-5,7-9H,2-3,6H2,1H3. The summed E-state index contributed by atoms with van der Waals surface area (Å²) in [5.74, 6) is 0.436. The molecule has 1 aromatic carbocycles. The van der Waals surface area contributed by atoms with E-state index in [-0.39, 0.29) is 11.5 Å². The zero-order chi connectivity index (χ0) is 17.1. The van der Waals surface area contributed by atoms with E-state index in [1.165, 1.54) is 23.1 Å². The lowest BCUT2D eigenvalue weighted by molar-refractivity contribution is -0.385. The van der Waals surface area contributed by atoms with Crippen LogP contribution in [0, 0.1) is 22.9 Å². The minimum absolute atomic E-state index is 0.0449. The Bertz CT molecular complexity index is 874. The third-order valence-electron chi connectivity index (χ3n) is 3.51. The van der Waals surface area contributed by atoms with E-state index < -0.39 is 4.92 Å². The van der Waals surface area contributed by atoms with E-state index in [9.17, 15) is 14.5 Å². The highest BCUT2D eigenvalue weighted by atomic mass is 19.1. The molecule has 0 aliphatic heterocycles. The molecule has 3 rings (SSSR count). The van der Waals surface area contributed by atoms with Gasteiger partial charge in [0.15, 0.2) is 0 Å². The Labute approximate surface area is 136 Å². The lowest BCUT2D eigenvalue weighted by atomic mass is 10.1. The molecule has 0 unspecified atom stereocenters. The predicted molar refractivity (Wildman–Crippen MR) is 81.6 cm³/mol. The smallest absolute Gasteiger partial charge is 0.306 e. The van der Waals surface area contributed by atoms with Crippen LogP contribution < -0.4 is 0 Å². The third-order valence-corrected chi connectivity index (χ3v) is 3.51. The summed E-state index contributed by atoms with van der Waals surface area (Å²) in [4.78, 5) is 14.3. The molecule has 124 valence electrons. The first-order chi connectivity index (χ1) is 11.5. The first kappa shape index (κ1) is 15.8. The maximum Gasteiger partial charge on any atom is 0.306 e. The Morgan fingerprint density at radius 1 is 1.42 bits per heavy atom. The van der Waals surface area contributed by atoms with Crippen molar-refractivity contribution >= 4 is 5.69 Å². The van der Waals surface area contributed by atoms with Gasteiger partial charge in [0.05, 0.1) is 4.92 Å². The highest BCUT2D eigenvalue weighted by Gasteiger charge is 2.11. The van der Waals surface area contributed by atoms with Crippen molar-refractivity contribution < 1.29 is 13.8 Å². The number of aryl methyl sites for hydroxylation is 3. The number of nitro groups is 1. The van der Waals surface area contributed by atoms with Crippen LogP contribution in [-0.2, 0) is 13.0 Å². The summed E-state index contributed by atoms with van der Waals surface area (Å²) in [5, 5.41) is 18.3. The van der Waals surface area contributed by atoms with Crippen LogP contribution in [0.25, 0.3) is 11.4 Å². The summed E-state index contributed by atoms with van der Waals surface area (Å²) in [6.45, 7) is 2.17. The molecule has 0 spiro atoms. The van der Waals surface area contributed by atoms with Crippen molar-refractivity contribution in [2.45, 2.75) is 26.3 Å². The molecule has 3 aromatic rings. The lowest BCUT2D eigenvalue weighted by Crippen LogP contribution is -2.00. The van der Waals surface area contributed by atoms with Gasteiger partial charge in [-0.3, -0.25) is 14.8 Å². The van der Waals surface area contributed by atoms with Gasteiger partial charge in [-0.15, -0.1) is 0 Å². The summed E-state index contributed by atoms with van der Waals surface area (Å²) in [6.07, 6.45) is 3.70. The Morgan fingerprint density at radius 2 is 2.25 bits per heavy atom. The van der Waals surface area contributed by atoms with E-state index in [2.05, 4.69) is 15.2 Å². The molecule has 0 aliphatic carbocycles. The maximum absolute atomic E-state index is 13.6. The topological polar surface area (TPSA) is 99.9 Å². The van der Waals surface area contributed by atoms with E-state index in [1.807, 2.05) is 0 Å². The molecule has 0 fully saturated rings. The minimum Gasteiger partial charge on any atom is -0.339 e. The Kier molecular flexibility index (Phi) is 4.32. The Morgan fingerprint density at radius 3 is 2.96 bits per heavy atom. The Balaban J connectivity index is 1.59. The summed E-state index contributed by atoms with van der Waals surface area (Å²) >= 11 is 0. The molecule has 0 aliphatic rings. The van der Waals surface area contributed by atoms with E-state index in [0.717, 1.165) is 0 Å². The molecule has 24 heavy (non-hydrogen) atoms. The van der Waals surface area contributed by atoms with Gasteiger partial charge in [0.2, 0.25) is 11.7 Å². The van der Waals surface area contributed by atoms with Crippen LogP contribution in [-0.4, -0.2) is 24.8 Å². The molecule has 2 heterocycles. The zero-order valence-electron chi connectivity index (χ0n) is 12.8. The second kappa shape index (κ2) is 6.57. The lowest BCUT2D eigenvalue weighted by Gasteiger charge is -1.98. The number of halogens is 1. The molecule has 0 amide bonds. The molecular formula is C15H14FN5O3. The number of hydrogen-bond acceptors (Lipinski definition) is 6. The van der Waals surface area contributed by atoms with Crippen LogP contribution in [0.1, 0.15) is 17.9 Å². The van der Waals surface area contributed by atoms with Gasteiger partial charge >= 0.3 is 5.69 Å². The van der Waals surface area contributed by atoms with Crippen molar-refractivity contribution in [1.82, 2.24) is 19.9 Å². The van der Waals surface area contributed by atoms with E-state index >= 15 is 0 Å². The molecule has 0 bridgehead atoms. The first-order valence-corrected chi connectivity index (χ1v) is 7.29. The number of benzene rings is 1. The quantitative estimate of drug-likeness (QED) is 0.508. The van der Waals surface area contributed by atoms with Crippen molar-refractivity contribution in [1.29, 1.82) is 0 Å². The summed E-state index contributed by atoms with van der Waals surface area (Å²) < 4.78 is 20.2. The first-order valence-electron chi connectivity index (χ1n) is 7.29. The van der Waals surface area contributed by atoms with Crippen molar-refractivity contribution in [3.05, 3.63) is 58.0 Å². The van der Waals surface area contributed by atoms with E-state index in [0.29, 0.717) is 42.2 Å². The van der Waals surface area contributed by atoms with Gasteiger partial charge in [-0.2, -0.15) is 10.1 Å². The normalized spacial score (nSPS) is 10.9. The van der Waals surface area contributed by atoms with Crippen molar-refractivity contribution in [3.8, 4) is 11.4 Å². The minimum atomic E-state index is -0.492. The molecule has 9 heteroatoms. The fourth-order valence-corrected chi connectivity index (χ4v) is 2.17. The van der Waals surface area contributed by atoms with Crippen molar-refractivity contribution in [2.75, 3.05) is 0 Å². The molecule has 0 saturated carbocycles. The second-order valence-electron chi connectivity index (χ2n) is 5.30. The van der Waals surface area contributed by atoms with Crippen LogP contribution >= 0.6 is 0 Å². The number of rotatable bonds is 6. The molecule has 0 N–H and O–H groups in total. The maximum atomic E-state index is 13.6. The number of aromatic nitrogens is 4. The van der Waals surface area contributed by atoms with Crippen LogP contribution in [0.15, 0.2) is 35.1 Å². The van der Waals surface area contributed by atoms with Gasteiger partial charge in [-0.25, -0.2) is 4.39 Å². The van der Waals surface area contributed by atoms with Crippen molar-refractivity contribution in [3.63, 3.8) is 0 Å². The van der Waals surface area contributed by atoms with Gasteiger partial charge in [-0.05, 0) is 25.0 Å². The van der Waals surface area contributed by atoms with Gasteiger partial charge in [-0.1, -0.05) is 17.3 Å². The molecule has 2 aromatic heterocycles. The number of nitrogens with zero attached hydrogens (tertiary/aromatic N) is 5. The van der Waals surface area contributed by atoms with Crippen LogP contribution in [0.4, 0.5) is 10.1 Å². The zero-order valence-corrected chi connectivity index (χ0v) is 12.8. The summed E-state index contributed by atoms with van der Waals surface area (Å²) in [6, 6.07) is 4.76. The van der Waals surface area contributed by atoms with Gasteiger partial charge in [0.25, 0.3) is 0 Å². The van der Waals surface area contributed by atoms with Crippen molar-refractivity contribution in [2.24, 2.45) is 0 Å². The van der Waals surface area contributed by atoms with Crippen LogP contribution in [0.3, 0.4) is 0 Å². The molecule has 0 radical (unpaired) electrons. The monoisotopic (exact) mass is 331 g/mol. The van der Waals surface area contributed by atoms with Gasteiger partial charge < -0.3 is 4.52 Å². The SMILES string of the molecule is Cc1ccc(-c2noc(CCCn3cc([N+](=O)[O-])cn3)n2)cc1F.